The van der Waals surface area contributed by atoms with Crippen molar-refractivity contribution >= 4 is 28.5 Å². The first-order valence-corrected chi connectivity index (χ1v) is 11.4. The minimum Gasteiger partial charge on any atom is -0.451 e. The Morgan fingerprint density at radius 1 is 1.13 bits per heavy atom. The number of carbonyl (C=O) groups excluding carboxylic acids is 1. The molecule has 31 heavy (non-hydrogen) atoms. The number of aryl methyl sites for hydroxylation is 1. The van der Waals surface area contributed by atoms with Crippen LogP contribution in [-0.4, -0.2) is 30.4 Å². The number of likely N-dealkylation sites (tertiary alicyclic amines) is 1. The van der Waals surface area contributed by atoms with Crippen molar-refractivity contribution < 1.29 is 9.21 Å². The molecule has 0 saturated carbocycles. The molecule has 4 rings (SSSR count). The number of hydrogen-bond acceptors (Lipinski definition) is 3. The summed E-state index contributed by atoms with van der Waals surface area (Å²) in [5, 5.41) is 4.64. The minimum atomic E-state index is -0.180. The fourth-order valence-electron chi connectivity index (χ4n) is 4.40. The van der Waals surface area contributed by atoms with E-state index in [2.05, 4.69) is 55.3 Å². The van der Waals surface area contributed by atoms with E-state index in [1.165, 1.54) is 24.0 Å². The highest BCUT2D eigenvalue weighted by molar-refractivity contribution is 6.31. The third-order valence-electron chi connectivity index (χ3n) is 6.30. The van der Waals surface area contributed by atoms with Crippen molar-refractivity contribution in [1.29, 1.82) is 0 Å². The Hall–Kier alpha value is -2.30. The summed E-state index contributed by atoms with van der Waals surface area (Å²) in [6.07, 6.45) is 2.40. The summed E-state index contributed by atoms with van der Waals surface area (Å²) in [5.74, 6) is 0.181. The highest BCUT2D eigenvalue weighted by Gasteiger charge is 2.26. The maximum absolute atomic E-state index is 13.0. The van der Waals surface area contributed by atoms with Crippen molar-refractivity contribution in [2.24, 2.45) is 0 Å². The Morgan fingerprint density at radius 3 is 2.45 bits per heavy atom. The topological polar surface area (TPSA) is 45.5 Å². The molecule has 1 fully saturated rings. The quantitative estimate of drug-likeness (QED) is 0.511. The van der Waals surface area contributed by atoms with Crippen molar-refractivity contribution in [1.82, 2.24) is 10.2 Å². The lowest BCUT2D eigenvalue weighted by Gasteiger charge is -2.29. The van der Waals surface area contributed by atoms with E-state index >= 15 is 0 Å². The lowest BCUT2D eigenvalue weighted by Crippen LogP contribution is -2.37. The Kier molecular flexibility index (Phi) is 6.14. The van der Waals surface area contributed by atoms with Gasteiger partial charge in [0.1, 0.15) is 5.58 Å². The summed E-state index contributed by atoms with van der Waals surface area (Å²) in [5.41, 5.74) is 4.18. The van der Waals surface area contributed by atoms with E-state index in [1.54, 1.807) is 6.07 Å². The molecule has 4 nitrogen and oxygen atoms in total. The molecule has 2 heterocycles. The fourth-order valence-corrected chi connectivity index (χ4v) is 4.57. The largest absolute Gasteiger partial charge is 0.451 e. The van der Waals surface area contributed by atoms with E-state index in [4.69, 9.17) is 16.0 Å². The van der Waals surface area contributed by atoms with E-state index in [0.29, 0.717) is 22.9 Å². The predicted octanol–water partition coefficient (Wildman–Crippen LogP) is 6.26. The summed E-state index contributed by atoms with van der Waals surface area (Å²) in [7, 11) is 0. The van der Waals surface area contributed by atoms with Crippen LogP contribution in [0, 0.1) is 6.92 Å². The van der Waals surface area contributed by atoms with Crippen molar-refractivity contribution in [2.75, 3.05) is 19.6 Å². The third kappa shape index (κ3) is 4.65. The molecule has 1 atom stereocenters. The maximum atomic E-state index is 13.0. The van der Waals surface area contributed by atoms with Gasteiger partial charge < -0.3 is 9.73 Å². The molecule has 0 spiro atoms. The molecule has 3 aromatic rings. The smallest absolute Gasteiger partial charge is 0.287 e. The van der Waals surface area contributed by atoms with Crippen LogP contribution in [0.15, 0.2) is 46.9 Å². The molecule has 2 aromatic carbocycles. The van der Waals surface area contributed by atoms with Gasteiger partial charge in [-0.1, -0.05) is 56.6 Å². The van der Waals surface area contributed by atoms with Crippen LogP contribution in [0.5, 0.6) is 0 Å². The van der Waals surface area contributed by atoms with E-state index in [0.717, 1.165) is 24.0 Å². The molecule has 1 aliphatic rings. The van der Waals surface area contributed by atoms with Gasteiger partial charge in [-0.2, -0.15) is 0 Å². The first-order valence-electron chi connectivity index (χ1n) is 11.1. The second-order valence-corrected chi connectivity index (χ2v) is 9.97. The fraction of sp³-hybridized carbons (Fsp3) is 0.423. The van der Waals surface area contributed by atoms with Crippen LogP contribution < -0.4 is 5.32 Å². The molecular formula is C26H31ClN2O2. The Balaban J connectivity index is 1.54. The van der Waals surface area contributed by atoms with Crippen LogP contribution in [0.1, 0.15) is 66.9 Å². The summed E-state index contributed by atoms with van der Waals surface area (Å²) >= 11 is 6.11. The molecular weight excluding hydrogens is 408 g/mol. The Labute approximate surface area is 189 Å². The first-order chi connectivity index (χ1) is 14.7. The average molecular weight is 439 g/mol. The summed E-state index contributed by atoms with van der Waals surface area (Å²) < 4.78 is 5.85. The zero-order chi connectivity index (χ0) is 22.2. The SMILES string of the molecule is Cc1c(C(=O)NC[C@H](c2ccc(C(C)(C)C)cc2)N2CCCC2)oc2ccc(Cl)cc12. The maximum Gasteiger partial charge on any atom is 0.287 e. The monoisotopic (exact) mass is 438 g/mol. The van der Waals surface area contributed by atoms with Gasteiger partial charge in [-0.15, -0.1) is 0 Å². The van der Waals surface area contributed by atoms with Gasteiger partial charge in [0.05, 0.1) is 6.04 Å². The van der Waals surface area contributed by atoms with Gasteiger partial charge in [0, 0.05) is 22.5 Å². The molecule has 0 aliphatic carbocycles. The summed E-state index contributed by atoms with van der Waals surface area (Å²) in [6.45, 7) is 11.2. The van der Waals surface area contributed by atoms with Gasteiger partial charge in [-0.3, -0.25) is 9.69 Å². The van der Waals surface area contributed by atoms with Gasteiger partial charge in [-0.25, -0.2) is 0 Å². The molecule has 1 saturated heterocycles. The van der Waals surface area contributed by atoms with Crippen LogP contribution >= 0.6 is 11.6 Å². The third-order valence-corrected chi connectivity index (χ3v) is 6.54. The summed E-state index contributed by atoms with van der Waals surface area (Å²) in [6, 6.07) is 14.4. The Morgan fingerprint density at radius 2 is 1.81 bits per heavy atom. The number of carbonyl (C=O) groups is 1. The molecule has 0 unspecified atom stereocenters. The normalized spacial score (nSPS) is 16.0. The highest BCUT2D eigenvalue weighted by Crippen LogP contribution is 2.30. The molecule has 5 heteroatoms. The number of fused-ring (bicyclic) bond motifs is 1. The molecule has 1 aliphatic heterocycles. The van der Waals surface area contributed by atoms with Crippen LogP contribution in [0.25, 0.3) is 11.0 Å². The van der Waals surface area contributed by atoms with Gasteiger partial charge in [0.2, 0.25) is 0 Å². The molecule has 1 aromatic heterocycles. The molecule has 164 valence electrons. The zero-order valence-corrected chi connectivity index (χ0v) is 19.6. The number of furan rings is 1. The van der Waals surface area contributed by atoms with Crippen LogP contribution in [0.2, 0.25) is 5.02 Å². The first kappa shape index (κ1) is 21.9. The highest BCUT2D eigenvalue weighted by atomic mass is 35.5. The summed E-state index contributed by atoms with van der Waals surface area (Å²) in [4.78, 5) is 15.5. The van der Waals surface area contributed by atoms with Crippen LogP contribution in [-0.2, 0) is 5.41 Å². The second-order valence-electron chi connectivity index (χ2n) is 9.54. The standard InChI is InChI=1S/C26H31ClN2O2/c1-17-21-15-20(27)11-12-23(21)31-24(17)25(30)28-16-22(29-13-5-6-14-29)18-7-9-19(10-8-18)26(2,3)4/h7-12,15,22H,5-6,13-14,16H2,1-4H3,(H,28,30)/t22-/m1/s1. The number of rotatable bonds is 5. The average Bonchev–Trinajstić information content (AvgIpc) is 3.37. The second kappa shape index (κ2) is 8.68. The van der Waals surface area contributed by atoms with Crippen molar-refractivity contribution in [3.63, 3.8) is 0 Å². The van der Waals surface area contributed by atoms with E-state index in [9.17, 15) is 4.79 Å². The Bertz CT molecular complexity index is 1070. The molecule has 1 amide bonds. The lowest BCUT2D eigenvalue weighted by atomic mass is 9.86. The molecule has 0 bridgehead atoms. The number of hydrogen-bond donors (Lipinski definition) is 1. The molecule has 0 radical (unpaired) electrons. The molecule has 1 N–H and O–H groups in total. The lowest BCUT2D eigenvalue weighted by molar-refractivity contribution is 0.0911. The van der Waals surface area contributed by atoms with Crippen molar-refractivity contribution in [3.05, 3.63) is 69.9 Å². The number of amides is 1. The van der Waals surface area contributed by atoms with Crippen LogP contribution in [0.3, 0.4) is 0 Å². The van der Waals surface area contributed by atoms with Crippen LogP contribution in [0.4, 0.5) is 0 Å². The van der Waals surface area contributed by atoms with Gasteiger partial charge >= 0.3 is 0 Å². The predicted molar refractivity (Wildman–Crippen MR) is 127 cm³/mol. The number of halogens is 1. The number of nitrogens with zero attached hydrogens (tertiary/aromatic N) is 1. The van der Waals surface area contributed by atoms with Crippen molar-refractivity contribution in [3.8, 4) is 0 Å². The van der Waals surface area contributed by atoms with Gasteiger partial charge in [0.25, 0.3) is 5.91 Å². The number of benzene rings is 2. The van der Waals surface area contributed by atoms with Gasteiger partial charge in [0.15, 0.2) is 5.76 Å². The minimum absolute atomic E-state index is 0.123. The number of nitrogens with one attached hydrogen (secondary N) is 1. The van der Waals surface area contributed by atoms with E-state index in [-0.39, 0.29) is 17.4 Å². The zero-order valence-electron chi connectivity index (χ0n) is 18.8. The van der Waals surface area contributed by atoms with Crippen molar-refractivity contribution in [2.45, 2.75) is 52.0 Å². The van der Waals surface area contributed by atoms with E-state index in [1.807, 2.05) is 19.1 Å². The van der Waals surface area contributed by atoms with E-state index < -0.39 is 0 Å². The van der Waals surface area contributed by atoms with Gasteiger partial charge in [-0.05, 0) is 67.6 Å².